The molecule has 0 radical (unpaired) electrons. The quantitative estimate of drug-likeness (QED) is 0.547. The van der Waals surface area contributed by atoms with E-state index in [0.717, 1.165) is 12.0 Å². The van der Waals surface area contributed by atoms with E-state index in [0.29, 0.717) is 18.0 Å². The molecule has 1 aromatic carbocycles. The van der Waals surface area contributed by atoms with Gasteiger partial charge in [-0.2, -0.15) is 0 Å². The molecule has 1 unspecified atom stereocenters. The van der Waals surface area contributed by atoms with E-state index < -0.39 is 11.8 Å². The Morgan fingerprint density at radius 1 is 1.25 bits per heavy atom. The van der Waals surface area contributed by atoms with E-state index in [-0.39, 0.29) is 13.2 Å². The van der Waals surface area contributed by atoms with Crippen molar-refractivity contribution in [1.29, 1.82) is 0 Å². The number of benzene rings is 1. The minimum Gasteiger partial charge on any atom is -0.396 e. The van der Waals surface area contributed by atoms with E-state index in [1.807, 2.05) is 18.2 Å². The SMILES string of the molecule is CCC(C)c1ccccc1NC(=O)C(=O)NCCCO. The molecule has 0 bridgehead atoms. The van der Waals surface area contributed by atoms with Gasteiger partial charge in [-0.15, -0.1) is 0 Å². The van der Waals surface area contributed by atoms with Gasteiger partial charge < -0.3 is 15.7 Å². The van der Waals surface area contributed by atoms with Gasteiger partial charge in [0.05, 0.1) is 0 Å². The summed E-state index contributed by atoms with van der Waals surface area (Å²) in [5.41, 5.74) is 1.69. The Morgan fingerprint density at radius 3 is 2.60 bits per heavy atom. The first-order valence-corrected chi connectivity index (χ1v) is 6.89. The van der Waals surface area contributed by atoms with Crippen LogP contribution in [-0.4, -0.2) is 30.1 Å². The zero-order chi connectivity index (χ0) is 15.0. The lowest BCUT2D eigenvalue weighted by Crippen LogP contribution is -2.36. The summed E-state index contributed by atoms with van der Waals surface area (Å²) in [6.07, 6.45) is 1.39. The van der Waals surface area contributed by atoms with Crippen molar-refractivity contribution in [2.75, 3.05) is 18.5 Å². The minimum atomic E-state index is -0.683. The van der Waals surface area contributed by atoms with Gasteiger partial charge >= 0.3 is 11.8 Å². The second-order valence-corrected chi connectivity index (χ2v) is 4.68. The van der Waals surface area contributed by atoms with Gasteiger partial charge in [-0.3, -0.25) is 9.59 Å². The molecule has 110 valence electrons. The topological polar surface area (TPSA) is 78.4 Å². The van der Waals surface area contributed by atoms with Crippen molar-refractivity contribution < 1.29 is 14.7 Å². The standard InChI is InChI=1S/C15H22N2O3/c1-3-11(2)12-7-4-5-8-13(12)17-15(20)14(19)16-9-6-10-18/h4-5,7-8,11,18H,3,6,9-10H2,1-2H3,(H,16,19)(H,17,20). The van der Waals surface area contributed by atoms with Crippen molar-refractivity contribution in [2.45, 2.75) is 32.6 Å². The molecule has 0 aliphatic heterocycles. The molecule has 2 amide bonds. The van der Waals surface area contributed by atoms with Crippen molar-refractivity contribution >= 4 is 17.5 Å². The van der Waals surface area contributed by atoms with Crippen LogP contribution in [0.4, 0.5) is 5.69 Å². The van der Waals surface area contributed by atoms with Crippen molar-refractivity contribution in [1.82, 2.24) is 5.32 Å². The summed E-state index contributed by atoms with van der Waals surface area (Å²) in [6, 6.07) is 7.48. The van der Waals surface area contributed by atoms with Gasteiger partial charge in [0, 0.05) is 18.8 Å². The van der Waals surface area contributed by atoms with Crippen molar-refractivity contribution in [3.8, 4) is 0 Å². The van der Waals surface area contributed by atoms with Gasteiger partial charge in [0.25, 0.3) is 0 Å². The van der Waals surface area contributed by atoms with E-state index >= 15 is 0 Å². The molecular formula is C15H22N2O3. The van der Waals surface area contributed by atoms with Crippen molar-refractivity contribution in [3.05, 3.63) is 29.8 Å². The highest BCUT2D eigenvalue weighted by Gasteiger charge is 2.16. The number of carbonyl (C=O) groups is 2. The molecule has 5 heteroatoms. The lowest BCUT2D eigenvalue weighted by molar-refractivity contribution is -0.136. The van der Waals surface area contributed by atoms with E-state index in [9.17, 15) is 9.59 Å². The number of aliphatic hydroxyl groups excluding tert-OH is 1. The fourth-order valence-electron chi connectivity index (χ4n) is 1.80. The summed E-state index contributed by atoms with van der Waals surface area (Å²) >= 11 is 0. The third-order valence-electron chi connectivity index (χ3n) is 3.18. The Kier molecular flexibility index (Phi) is 6.73. The zero-order valence-corrected chi connectivity index (χ0v) is 12.0. The number of rotatable bonds is 6. The fraction of sp³-hybridized carbons (Fsp3) is 0.467. The van der Waals surface area contributed by atoms with Gasteiger partial charge in [0.15, 0.2) is 0 Å². The lowest BCUT2D eigenvalue weighted by atomic mass is 9.97. The number of carbonyl (C=O) groups excluding carboxylic acids is 2. The highest BCUT2D eigenvalue weighted by atomic mass is 16.3. The summed E-state index contributed by atoms with van der Waals surface area (Å²) in [5, 5.41) is 13.7. The molecule has 5 nitrogen and oxygen atoms in total. The molecule has 0 saturated heterocycles. The Balaban J connectivity index is 2.68. The van der Waals surface area contributed by atoms with Crippen molar-refractivity contribution in [2.24, 2.45) is 0 Å². The number of hydrogen-bond donors (Lipinski definition) is 3. The Labute approximate surface area is 119 Å². The van der Waals surface area contributed by atoms with Crippen LogP contribution in [0, 0.1) is 0 Å². The second-order valence-electron chi connectivity index (χ2n) is 4.68. The van der Waals surface area contributed by atoms with Crippen LogP contribution in [0.25, 0.3) is 0 Å². The summed E-state index contributed by atoms with van der Waals surface area (Å²) < 4.78 is 0. The smallest absolute Gasteiger partial charge is 0.313 e. The number of amides is 2. The first kappa shape index (κ1) is 16.2. The van der Waals surface area contributed by atoms with Crippen molar-refractivity contribution in [3.63, 3.8) is 0 Å². The van der Waals surface area contributed by atoms with Gasteiger partial charge in [-0.1, -0.05) is 32.0 Å². The molecule has 0 heterocycles. The van der Waals surface area contributed by atoms with E-state index in [2.05, 4.69) is 24.5 Å². The third kappa shape index (κ3) is 4.66. The van der Waals surface area contributed by atoms with E-state index in [1.54, 1.807) is 6.07 Å². The van der Waals surface area contributed by atoms with Gasteiger partial charge in [0.1, 0.15) is 0 Å². The monoisotopic (exact) mass is 278 g/mol. The molecule has 1 aromatic rings. The highest BCUT2D eigenvalue weighted by molar-refractivity contribution is 6.39. The first-order valence-electron chi connectivity index (χ1n) is 6.89. The number of anilines is 1. The second kappa shape index (κ2) is 8.32. The fourth-order valence-corrected chi connectivity index (χ4v) is 1.80. The van der Waals surface area contributed by atoms with E-state index in [1.165, 1.54) is 0 Å². The maximum atomic E-state index is 11.8. The molecular weight excluding hydrogens is 256 g/mol. The molecule has 3 N–H and O–H groups in total. The molecule has 0 aromatic heterocycles. The van der Waals surface area contributed by atoms with Gasteiger partial charge in [-0.05, 0) is 30.4 Å². The average Bonchev–Trinajstić information content (AvgIpc) is 2.47. The normalized spacial score (nSPS) is 11.8. The summed E-state index contributed by atoms with van der Waals surface area (Å²) in [7, 11) is 0. The Hall–Kier alpha value is -1.88. The predicted octanol–water partition coefficient (Wildman–Crippen LogP) is 1.64. The zero-order valence-electron chi connectivity index (χ0n) is 12.0. The van der Waals surface area contributed by atoms with Crippen LogP contribution in [0.1, 0.15) is 38.2 Å². The molecule has 0 saturated carbocycles. The number of hydrogen-bond acceptors (Lipinski definition) is 3. The number of para-hydroxylation sites is 1. The number of nitrogens with one attached hydrogen (secondary N) is 2. The van der Waals surface area contributed by atoms with Crippen LogP contribution >= 0.6 is 0 Å². The van der Waals surface area contributed by atoms with Gasteiger partial charge in [0.2, 0.25) is 0 Å². The van der Waals surface area contributed by atoms with Crippen LogP contribution in [-0.2, 0) is 9.59 Å². The van der Waals surface area contributed by atoms with E-state index in [4.69, 9.17) is 5.11 Å². The summed E-state index contributed by atoms with van der Waals surface area (Å²) in [5.74, 6) is -1.06. The average molecular weight is 278 g/mol. The van der Waals surface area contributed by atoms with Crippen LogP contribution in [0.5, 0.6) is 0 Å². The molecule has 0 aliphatic carbocycles. The van der Waals surface area contributed by atoms with Crippen LogP contribution < -0.4 is 10.6 Å². The van der Waals surface area contributed by atoms with Crippen LogP contribution in [0.2, 0.25) is 0 Å². The summed E-state index contributed by atoms with van der Waals surface area (Å²) in [6.45, 7) is 4.42. The third-order valence-corrected chi connectivity index (χ3v) is 3.18. The number of aliphatic hydroxyl groups is 1. The summed E-state index contributed by atoms with van der Waals surface area (Å²) in [4.78, 5) is 23.4. The Bertz CT molecular complexity index is 460. The van der Waals surface area contributed by atoms with Crippen LogP contribution in [0.15, 0.2) is 24.3 Å². The molecule has 1 rings (SSSR count). The maximum absolute atomic E-state index is 11.8. The molecule has 20 heavy (non-hydrogen) atoms. The maximum Gasteiger partial charge on any atom is 0.313 e. The van der Waals surface area contributed by atoms with Crippen LogP contribution in [0.3, 0.4) is 0 Å². The minimum absolute atomic E-state index is 0.0151. The van der Waals surface area contributed by atoms with Gasteiger partial charge in [-0.25, -0.2) is 0 Å². The first-order chi connectivity index (χ1) is 9.60. The predicted molar refractivity (Wildman–Crippen MR) is 78.5 cm³/mol. The molecule has 0 spiro atoms. The molecule has 1 atom stereocenters. The molecule has 0 aliphatic rings. The largest absolute Gasteiger partial charge is 0.396 e. The Morgan fingerprint density at radius 2 is 1.95 bits per heavy atom. The molecule has 0 fully saturated rings. The lowest BCUT2D eigenvalue weighted by Gasteiger charge is -2.15. The highest BCUT2D eigenvalue weighted by Crippen LogP contribution is 2.26.